The summed E-state index contributed by atoms with van der Waals surface area (Å²) >= 11 is 3.40. The molecule has 90 valence electrons. The molecule has 0 fully saturated rings. The number of rotatable bonds is 5. The van der Waals surface area contributed by atoms with Crippen LogP contribution in [0.1, 0.15) is 34.1 Å². The minimum Gasteiger partial charge on any atom is -0.417 e. The van der Waals surface area contributed by atoms with E-state index in [0.29, 0.717) is 5.04 Å². The van der Waals surface area contributed by atoms with Gasteiger partial charge in [0.15, 0.2) is 8.32 Å². The summed E-state index contributed by atoms with van der Waals surface area (Å²) in [4.78, 5) is 0. The van der Waals surface area contributed by atoms with Crippen molar-refractivity contribution in [1.82, 2.24) is 0 Å². The lowest BCUT2D eigenvalue weighted by Crippen LogP contribution is -2.41. The van der Waals surface area contributed by atoms with E-state index in [-0.39, 0.29) is 0 Å². The molecule has 0 rings (SSSR count). The Morgan fingerprint density at radius 3 is 2.27 bits per heavy atom. The van der Waals surface area contributed by atoms with Gasteiger partial charge < -0.3 is 4.43 Å². The van der Waals surface area contributed by atoms with E-state index in [9.17, 15) is 0 Å². The molecule has 0 saturated carbocycles. The van der Waals surface area contributed by atoms with Crippen LogP contribution in [-0.2, 0) is 4.43 Å². The highest BCUT2D eigenvalue weighted by Gasteiger charge is 2.36. The molecule has 0 unspecified atom stereocenters. The molecular weight excluding hydrogens is 268 g/mol. The number of alkyl halides is 1. The SMILES string of the molecule is C/C(=C\CBr)CCO[Si](C)(C)C(C)(C)C. The molecule has 0 atom stereocenters. The summed E-state index contributed by atoms with van der Waals surface area (Å²) in [6, 6.07) is 0. The van der Waals surface area contributed by atoms with E-state index < -0.39 is 8.32 Å². The molecule has 0 aliphatic heterocycles. The van der Waals surface area contributed by atoms with Crippen molar-refractivity contribution in [3.8, 4) is 0 Å². The van der Waals surface area contributed by atoms with Gasteiger partial charge in [-0.25, -0.2) is 0 Å². The molecule has 0 N–H and O–H groups in total. The second-order valence-corrected chi connectivity index (χ2v) is 11.0. The summed E-state index contributed by atoms with van der Waals surface area (Å²) < 4.78 is 6.09. The number of hydrogen-bond donors (Lipinski definition) is 0. The molecule has 0 radical (unpaired) electrons. The standard InChI is InChI=1S/C12H25BrOSi/c1-11(7-9-13)8-10-14-15(5,6)12(2,3)4/h7H,8-10H2,1-6H3/b11-7+. The van der Waals surface area contributed by atoms with Gasteiger partial charge in [-0.2, -0.15) is 0 Å². The first-order valence-corrected chi connectivity index (χ1v) is 9.59. The zero-order valence-corrected chi connectivity index (χ0v) is 13.6. The normalized spacial score (nSPS) is 14.5. The first kappa shape index (κ1) is 15.4. The van der Waals surface area contributed by atoms with E-state index in [2.05, 4.69) is 62.8 Å². The summed E-state index contributed by atoms with van der Waals surface area (Å²) in [7, 11) is -1.53. The predicted octanol–water partition coefficient (Wildman–Crippen LogP) is 4.74. The third-order valence-electron chi connectivity index (χ3n) is 3.19. The molecule has 0 bridgehead atoms. The molecule has 0 aromatic carbocycles. The Kier molecular flexibility index (Phi) is 6.38. The van der Waals surface area contributed by atoms with Crippen LogP contribution in [0.5, 0.6) is 0 Å². The molecule has 15 heavy (non-hydrogen) atoms. The summed E-state index contributed by atoms with van der Waals surface area (Å²) in [6.45, 7) is 14.5. The summed E-state index contributed by atoms with van der Waals surface area (Å²) in [6.07, 6.45) is 3.26. The first-order chi connectivity index (χ1) is 6.70. The molecule has 0 aliphatic carbocycles. The molecule has 0 aromatic heterocycles. The highest BCUT2D eigenvalue weighted by Crippen LogP contribution is 2.36. The predicted molar refractivity (Wildman–Crippen MR) is 75.3 cm³/mol. The minimum absolute atomic E-state index is 0.319. The lowest BCUT2D eigenvalue weighted by Gasteiger charge is -2.36. The number of allylic oxidation sites excluding steroid dienone is 1. The average molecular weight is 293 g/mol. The summed E-state index contributed by atoms with van der Waals surface area (Å²) in [5, 5.41) is 1.26. The maximum absolute atomic E-state index is 6.09. The van der Waals surface area contributed by atoms with Gasteiger partial charge in [-0.3, -0.25) is 0 Å². The largest absolute Gasteiger partial charge is 0.417 e. The average Bonchev–Trinajstić information content (AvgIpc) is 2.01. The fourth-order valence-electron chi connectivity index (χ4n) is 0.917. The Balaban J connectivity index is 4.01. The van der Waals surface area contributed by atoms with Crippen molar-refractivity contribution < 1.29 is 4.43 Å². The van der Waals surface area contributed by atoms with Crippen molar-refractivity contribution in [3.05, 3.63) is 11.6 Å². The Labute approximate surface area is 105 Å². The zero-order valence-electron chi connectivity index (χ0n) is 11.0. The van der Waals surface area contributed by atoms with Crippen LogP contribution in [0.4, 0.5) is 0 Å². The van der Waals surface area contributed by atoms with Crippen LogP contribution in [0.15, 0.2) is 11.6 Å². The second kappa shape index (κ2) is 6.21. The highest BCUT2D eigenvalue weighted by molar-refractivity contribution is 9.09. The van der Waals surface area contributed by atoms with Crippen molar-refractivity contribution in [2.45, 2.75) is 52.2 Å². The Hall–Kier alpha value is 0.397. The maximum Gasteiger partial charge on any atom is 0.191 e. The molecule has 0 aromatic rings. The van der Waals surface area contributed by atoms with Crippen LogP contribution >= 0.6 is 15.9 Å². The third-order valence-corrected chi connectivity index (χ3v) is 8.05. The van der Waals surface area contributed by atoms with Gasteiger partial charge in [0.05, 0.1) is 0 Å². The molecule has 0 heterocycles. The molecule has 0 aliphatic rings. The molecule has 3 heteroatoms. The lowest BCUT2D eigenvalue weighted by atomic mass is 10.2. The fraction of sp³-hybridized carbons (Fsp3) is 0.833. The van der Waals surface area contributed by atoms with Gasteiger partial charge in [-0.15, -0.1) is 0 Å². The van der Waals surface area contributed by atoms with E-state index in [0.717, 1.165) is 18.4 Å². The van der Waals surface area contributed by atoms with E-state index in [1.54, 1.807) is 0 Å². The Morgan fingerprint density at radius 2 is 1.87 bits per heavy atom. The Bertz CT molecular complexity index is 216. The zero-order chi connectivity index (χ0) is 12.1. The van der Waals surface area contributed by atoms with E-state index >= 15 is 0 Å². The molecule has 1 nitrogen and oxygen atoms in total. The van der Waals surface area contributed by atoms with Crippen molar-refractivity contribution in [1.29, 1.82) is 0 Å². The smallest absolute Gasteiger partial charge is 0.191 e. The fourth-order valence-corrected chi connectivity index (χ4v) is 2.52. The summed E-state index contributed by atoms with van der Waals surface area (Å²) in [5.74, 6) is 0. The van der Waals surface area contributed by atoms with Gasteiger partial charge in [0.25, 0.3) is 0 Å². The minimum atomic E-state index is -1.53. The topological polar surface area (TPSA) is 9.23 Å². The molecular formula is C12H25BrOSi. The first-order valence-electron chi connectivity index (χ1n) is 5.56. The van der Waals surface area contributed by atoms with Crippen molar-refractivity contribution in [3.63, 3.8) is 0 Å². The van der Waals surface area contributed by atoms with Gasteiger partial charge in [0.1, 0.15) is 0 Å². The van der Waals surface area contributed by atoms with Crippen LogP contribution in [-0.4, -0.2) is 20.3 Å². The van der Waals surface area contributed by atoms with Gasteiger partial charge >= 0.3 is 0 Å². The van der Waals surface area contributed by atoms with Crippen LogP contribution in [0.25, 0.3) is 0 Å². The molecule has 0 spiro atoms. The summed E-state index contributed by atoms with van der Waals surface area (Å²) in [5.41, 5.74) is 1.41. The van der Waals surface area contributed by atoms with Crippen LogP contribution < -0.4 is 0 Å². The van der Waals surface area contributed by atoms with Crippen molar-refractivity contribution >= 4 is 24.2 Å². The van der Waals surface area contributed by atoms with Gasteiger partial charge in [0.2, 0.25) is 0 Å². The van der Waals surface area contributed by atoms with Crippen molar-refractivity contribution in [2.24, 2.45) is 0 Å². The Morgan fingerprint density at radius 1 is 1.33 bits per heavy atom. The third kappa shape index (κ3) is 5.88. The molecule has 0 amide bonds. The van der Waals surface area contributed by atoms with E-state index in [1.807, 2.05) is 0 Å². The van der Waals surface area contributed by atoms with Crippen molar-refractivity contribution in [2.75, 3.05) is 11.9 Å². The van der Waals surface area contributed by atoms with Crippen LogP contribution in [0.3, 0.4) is 0 Å². The maximum atomic E-state index is 6.09. The van der Waals surface area contributed by atoms with Gasteiger partial charge in [-0.1, -0.05) is 48.4 Å². The second-order valence-electron chi connectivity index (χ2n) is 5.56. The van der Waals surface area contributed by atoms with Crippen LogP contribution in [0, 0.1) is 0 Å². The van der Waals surface area contributed by atoms with E-state index in [1.165, 1.54) is 5.57 Å². The van der Waals surface area contributed by atoms with Crippen LogP contribution in [0.2, 0.25) is 18.1 Å². The van der Waals surface area contributed by atoms with Gasteiger partial charge in [-0.05, 0) is 31.5 Å². The number of hydrogen-bond acceptors (Lipinski definition) is 1. The highest BCUT2D eigenvalue weighted by atomic mass is 79.9. The molecule has 0 saturated heterocycles. The monoisotopic (exact) mass is 292 g/mol. The quantitative estimate of drug-likeness (QED) is 0.404. The lowest BCUT2D eigenvalue weighted by molar-refractivity contribution is 0.291. The number of halogens is 1. The van der Waals surface area contributed by atoms with Gasteiger partial charge in [0, 0.05) is 11.9 Å². The van der Waals surface area contributed by atoms with E-state index in [4.69, 9.17) is 4.43 Å².